The standard InChI is InChI=1S/C12H13F3N2O/c13-12(14,15)10-3-1-2-8-6-17(7-11(16)18)5-4-9(8)10/h1-3H,4-7H2,(H2,16,18). The summed E-state index contributed by atoms with van der Waals surface area (Å²) in [6.45, 7) is 0.834. The van der Waals surface area contributed by atoms with Gasteiger partial charge < -0.3 is 5.73 Å². The van der Waals surface area contributed by atoms with Crippen LogP contribution in [0.25, 0.3) is 0 Å². The number of amides is 1. The number of hydrogen-bond acceptors (Lipinski definition) is 2. The summed E-state index contributed by atoms with van der Waals surface area (Å²) < 4.78 is 38.4. The van der Waals surface area contributed by atoms with E-state index in [1.54, 1.807) is 11.0 Å². The van der Waals surface area contributed by atoms with E-state index in [9.17, 15) is 18.0 Å². The summed E-state index contributed by atoms with van der Waals surface area (Å²) in [5.41, 5.74) is 5.47. The predicted molar refractivity (Wildman–Crippen MR) is 59.6 cm³/mol. The second-order valence-electron chi connectivity index (χ2n) is 4.37. The molecule has 0 atom stereocenters. The number of carbonyl (C=O) groups is 1. The lowest BCUT2D eigenvalue weighted by atomic mass is 9.94. The molecule has 0 saturated heterocycles. The van der Waals surface area contributed by atoms with Gasteiger partial charge in [0.05, 0.1) is 12.1 Å². The van der Waals surface area contributed by atoms with Gasteiger partial charge in [0, 0.05) is 13.1 Å². The van der Waals surface area contributed by atoms with Gasteiger partial charge in [-0.25, -0.2) is 0 Å². The summed E-state index contributed by atoms with van der Waals surface area (Å²) in [5.74, 6) is -0.467. The normalized spacial score (nSPS) is 16.4. The number of fused-ring (bicyclic) bond motifs is 1. The second kappa shape index (κ2) is 4.61. The first-order chi connectivity index (χ1) is 8.38. The van der Waals surface area contributed by atoms with Crippen molar-refractivity contribution in [3.8, 4) is 0 Å². The van der Waals surface area contributed by atoms with Crippen molar-refractivity contribution in [2.24, 2.45) is 5.73 Å². The number of benzene rings is 1. The molecule has 0 unspecified atom stereocenters. The number of carbonyl (C=O) groups excluding carboxylic acids is 1. The molecule has 0 aromatic heterocycles. The van der Waals surface area contributed by atoms with Crippen molar-refractivity contribution in [1.82, 2.24) is 4.90 Å². The van der Waals surface area contributed by atoms with Crippen molar-refractivity contribution in [3.63, 3.8) is 0 Å². The first-order valence-corrected chi connectivity index (χ1v) is 5.56. The first-order valence-electron chi connectivity index (χ1n) is 5.56. The molecule has 6 heteroatoms. The molecule has 2 rings (SSSR count). The van der Waals surface area contributed by atoms with E-state index in [0.29, 0.717) is 24.2 Å². The molecule has 1 aliphatic heterocycles. The maximum absolute atomic E-state index is 12.8. The molecule has 1 amide bonds. The average Bonchev–Trinajstić information content (AvgIpc) is 2.25. The zero-order valence-electron chi connectivity index (χ0n) is 9.63. The Kier molecular flexibility index (Phi) is 3.30. The van der Waals surface area contributed by atoms with Crippen molar-refractivity contribution in [1.29, 1.82) is 0 Å². The fourth-order valence-corrected chi connectivity index (χ4v) is 2.29. The van der Waals surface area contributed by atoms with Crippen LogP contribution in [0.3, 0.4) is 0 Å². The molecule has 0 aliphatic carbocycles. The molecule has 0 radical (unpaired) electrons. The molecular formula is C12H13F3N2O. The Labute approximate surface area is 102 Å². The van der Waals surface area contributed by atoms with Crippen LogP contribution in [0.5, 0.6) is 0 Å². The Morgan fingerprint density at radius 2 is 2.11 bits per heavy atom. The molecular weight excluding hydrogens is 245 g/mol. The van der Waals surface area contributed by atoms with Gasteiger partial charge in [-0.1, -0.05) is 12.1 Å². The van der Waals surface area contributed by atoms with Crippen LogP contribution in [-0.4, -0.2) is 23.9 Å². The van der Waals surface area contributed by atoms with Crippen LogP contribution in [0, 0.1) is 0 Å². The highest BCUT2D eigenvalue weighted by molar-refractivity contribution is 5.76. The maximum Gasteiger partial charge on any atom is 0.416 e. The minimum absolute atomic E-state index is 0.0791. The fraction of sp³-hybridized carbons (Fsp3) is 0.417. The number of halogens is 3. The van der Waals surface area contributed by atoms with Gasteiger partial charge >= 0.3 is 6.18 Å². The van der Waals surface area contributed by atoms with Gasteiger partial charge in [-0.05, 0) is 23.6 Å². The Balaban J connectivity index is 2.27. The van der Waals surface area contributed by atoms with Crippen molar-refractivity contribution in [2.75, 3.05) is 13.1 Å². The first kappa shape index (κ1) is 12.9. The number of nitrogens with zero attached hydrogens (tertiary/aromatic N) is 1. The SMILES string of the molecule is NC(=O)CN1CCc2c(cccc2C(F)(F)F)C1. The van der Waals surface area contributed by atoms with Gasteiger partial charge in [0.1, 0.15) is 0 Å². The van der Waals surface area contributed by atoms with Gasteiger partial charge in [-0.15, -0.1) is 0 Å². The number of nitrogens with two attached hydrogens (primary N) is 1. The molecule has 0 fully saturated rings. The van der Waals surface area contributed by atoms with Crippen molar-refractivity contribution < 1.29 is 18.0 Å². The number of hydrogen-bond donors (Lipinski definition) is 1. The van der Waals surface area contributed by atoms with Crippen molar-refractivity contribution >= 4 is 5.91 Å². The number of rotatable bonds is 2. The third-order valence-corrected chi connectivity index (χ3v) is 3.03. The second-order valence-corrected chi connectivity index (χ2v) is 4.37. The van der Waals surface area contributed by atoms with E-state index in [2.05, 4.69) is 0 Å². The molecule has 1 aliphatic rings. The van der Waals surface area contributed by atoms with Crippen LogP contribution in [0.15, 0.2) is 18.2 Å². The Morgan fingerprint density at radius 1 is 1.39 bits per heavy atom. The minimum atomic E-state index is -4.32. The lowest BCUT2D eigenvalue weighted by Crippen LogP contribution is -2.38. The van der Waals surface area contributed by atoms with Crippen molar-refractivity contribution in [3.05, 3.63) is 34.9 Å². The lowest BCUT2D eigenvalue weighted by Gasteiger charge is -2.29. The summed E-state index contributed by atoms with van der Waals surface area (Å²) in [7, 11) is 0. The molecule has 1 heterocycles. The molecule has 1 aromatic carbocycles. The van der Waals surface area contributed by atoms with Gasteiger partial charge in [0.25, 0.3) is 0 Å². The molecule has 0 spiro atoms. The van der Waals surface area contributed by atoms with E-state index in [0.717, 1.165) is 6.07 Å². The zero-order chi connectivity index (χ0) is 13.3. The van der Waals surface area contributed by atoms with E-state index < -0.39 is 17.6 Å². The van der Waals surface area contributed by atoms with E-state index in [1.807, 2.05) is 0 Å². The molecule has 2 N–H and O–H groups in total. The topological polar surface area (TPSA) is 46.3 Å². The maximum atomic E-state index is 12.8. The van der Waals surface area contributed by atoms with Crippen LogP contribution in [0.2, 0.25) is 0 Å². The Bertz CT molecular complexity index is 471. The predicted octanol–water partition coefficient (Wildman–Crippen LogP) is 1.55. The molecule has 98 valence electrons. The molecule has 0 saturated carbocycles. The van der Waals surface area contributed by atoms with Crippen LogP contribution >= 0.6 is 0 Å². The zero-order valence-corrected chi connectivity index (χ0v) is 9.63. The Hall–Kier alpha value is -1.56. The quantitative estimate of drug-likeness (QED) is 0.874. The largest absolute Gasteiger partial charge is 0.416 e. The molecule has 18 heavy (non-hydrogen) atoms. The highest BCUT2D eigenvalue weighted by Crippen LogP contribution is 2.35. The Morgan fingerprint density at radius 3 is 2.72 bits per heavy atom. The molecule has 3 nitrogen and oxygen atoms in total. The van der Waals surface area contributed by atoms with Crippen LogP contribution < -0.4 is 5.73 Å². The summed E-state index contributed by atoms with van der Waals surface area (Å²) in [4.78, 5) is 12.6. The number of primary amides is 1. The van der Waals surface area contributed by atoms with Gasteiger partial charge in [0.15, 0.2) is 0 Å². The summed E-state index contributed by atoms with van der Waals surface area (Å²) in [5, 5.41) is 0. The van der Waals surface area contributed by atoms with Crippen molar-refractivity contribution in [2.45, 2.75) is 19.1 Å². The van der Waals surface area contributed by atoms with Gasteiger partial charge in [0.2, 0.25) is 5.91 Å². The highest BCUT2D eigenvalue weighted by Gasteiger charge is 2.35. The van der Waals surface area contributed by atoms with E-state index in [1.165, 1.54) is 6.07 Å². The smallest absolute Gasteiger partial charge is 0.369 e. The van der Waals surface area contributed by atoms with Crippen LogP contribution in [0.1, 0.15) is 16.7 Å². The number of alkyl halides is 3. The summed E-state index contributed by atoms with van der Waals surface area (Å²) >= 11 is 0. The summed E-state index contributed by atoms with van der Waals surface area (Å²) in [6.07, 6.45) is -4.03. The third-order valence-electron chi connectivity index (χ3n) is 3.03. The lowest BCUT2D eigenvalue weighted by molar-refractivity contribution is -0.138. The molecule has 0 bridgehead atoms. The molecule has 1 aromatic rings. The van der Waals surface area contributed by atoms with Gasteiger partial charge in [-0.2, -0.15) is 13.2 Å². The fourth-order valence-electron chi connectivity index (χ4n) is 2.29. The monoisotopic (exact) mass is 258 g/mol. The summed E-state index contributed by atoms with van der Waals surface area (Å²) in [6, 6.07) is 4.16. The van der Waals surface area contributed by atoms with E-state index in [4.69, 9.17) is 5.73 Å². The van der Waals surface area contributed by atoms with Crippen LogP contribution in [0.4, 0.5) is 13.2 Å². The minimum Gasteiger partial charge on any atom is -0.369 e. The average molecular weight is 258 g/mol. The third kappa shape index (κ3) is 2.64. The van der Waals surface area contributed by atoms with Gasteiger partial charge in [-0.3, -0.25) is 9.69 Å². The van der Waals surface area contributed by atoms with E-state index in [-0.39, 0.29) is 13.0 Å². The van der Waals surface area contributed by atoms with E-state index >= 15 is 0 Å². The van der Waals surface area contributed by atoms with Crippen LogP contribution in [-0.2, 0) is 23.9 Å². The highest BCUT2D eigenvalue weighted by atomic mass is 19.4.